The molecule has 0 atom stereocenters. The highest BCUT2D eigenvalue weighted by Gasteiger charge is 2.25. The van der Waals surface area contributed by atoms with E-state index < -0.39 is 10.0 Å². The van der Waals surface area contributed by atoms with Crippen LogP contribution in [0.3, 0.4) is 0 Å². The molecule has 0 unspecified atom stereocenters. The third-order valence-corrected chi connectivity index (χ3v) is 9.77. The van der Waals surface area contributed by atoms with E-state index in [1.165, 1.54) is 51.2 Å². The van der Waals surface area contributed by atoms with Gasteiger partial charge in [0.2, 0.25) is 10.0 Å². The molecule has 1 aliphatic heterocycles. The number of nitrogens with zero attached hydrogens (tertiary/aromatic N) is 2. The molecule has 0 aliphatic carbocycles. The van der Waals surface area contributed by atoms with E-state index in [1.807, 2.05) is 6.92 Å². The van der Waals surface area contributed by atoms with E-state index in [-0.39, 0.29) is 16.8 Å². The molecular weight excluding hydrogens is 482 g/mol. The van der Waals surface area contributed by atoms with E-state index in [2.05, 4.69) is 10.3 Å². The van der Waals surface area contributed by atoms with Gasteiger partial charge in [-0.3, -0.25) is 10.1 Å². The smallest absolute Gasteiger partial charge is 0.348 e. The zero-order valence-electron chi connectivity index (χ0n) is 18.4. The molecule has 0 saturated carbocycles. The van der Waals surface area contributed by atoms with Crippen molar-refractivity contribution < 1.29 is 22.7 Å². The maximum Gasteiger partial charge on any atom is 0.348 e. The van der Waals surface area contributed by atoms with Crippen molar-refractivity contribution in [2.45, 2.75) is 44.4 Å². The number of aromatic nitrogens is 1. The van der Waals surface area contributed by atoms with Gasteiger partial charge in [0.05, 0.1) is 16.2 Å². The number of amides is 1. The highest BCUT2D eigenvalue weighted by Crippen LogP contribution is 2.37. The fourth-order valence-electron chi connectivity index (χ4n) is 3.71. The van der Waals surface area contributed by atoms with Crippen LogP contribution in [0, 0.1) is 6.92 Å². The molecule has 1 aliphatic rings. The molecule has 33 heavy (non-hydrogen) atoms. The summed E-state index contributed by atoms with van der Waals surface area (Å²) in [7, 11) is -3.56. The topological polar surface area (TPSA) is 106 Å². The average molecular weight is 508 g/mol. The van der Waals surface area contributed by atoms with E-state index in [4.69, 9.17) is 4.74 Å². The molecule has 1 amide bonds. The van der Waals surface area contributed by atoms with E-state index >= 15 is 0 Å². The summed E-state index contributed by atoms with van der Waals surface area (Å²) in [6.07, 6.45) is 3.82. The number of carbonyl (C=O) groups is 2. The molecule has 8 nitrogen and oxygen atoms in total. The van der Waals surface area contributed by atoms with Crippen LogP contribution in [0.25, 0.3) is 9.53 Å². The summed E-state index contributed by atoms with van der Waals surface area (Å²) in [5.41, 5.74) is 1.13. The number of ether oxygens (including phenoxy) is 1. The fourth-order valence-corrected chi connectivity index (χ4v) is 7.44. The third kappa shape index (κ3) is 4.96. The van der Waals surface area contributed by atoms with Gasteiger partial charge in [-0.05, 0) is 56.5 Å². The van der Waals surface area contributed by atoms with Gasteiger partial charge >= 0.3 is 5.97 Å². The number of sulfonamides is 1. The number of benzene rings is 1. The number of aryl methyl sites for hydroxylation is 1. The maximum atomic E-state index is 12.9. The Morgan fingerprint density at radius 3 is 2.36 bits per heavy atom. The Morgan fingerprint density at radius 2 is 1.76 bits per heavy atom. The second kappa shape index (κ2) is 9.88. The molecule has 1 saturated heterocycles. The van der Waals surface area contributed by atoms with E-state index in [1.54, 1.807) is 6.92 Å². The van der Waals surface area contributed by atoms with Crippen molar-refractivity contribution >= 4 is 59.2 Å². The quantitative estimate of drug-likeness (QED) is 0.487. The second-order valence-electron chi connectivity index (χ2n) is 7.73. The lowest BCUT2D eigenvalue weighted by atomic mass is 10.2. The molecule has 3 heterocycles. The predicted octanol–water partition coefficient (Wildman–Crippen LogP) is 4.66. The first-order valence-electron chi connectivity index (χ1n) is 10.8. The molecule has 176 valence electrons. The van der Waals surface area contributed by atoms with Crippen molar-refractivity contribution in [3.05, 3.63) is 40.3 Å². The summed E-state index contributed by atoms with van der Waals surface area (Å²) in [6, 6.07) is 5.98. The summed E-state index contributed by atoms with van der Waals surface area (Å²) in [6.45, 7) is 4.95. The van der Waals surface area contributed by atoms with Gasteiger partial charge in [0.1, 0.15) is 9.71 Å². The van der Waals surface area contributed by atoms with Crippen molar-refractivity contribution in [2.24, 2.45) is 0 Å². The zero-order valence-corrected chi connectivity index (χ0v) is 20.9. The van der Waals surface area contributed by atoms with E-state index in [9.17, 15) is 18.0 Å². The summed E-state index contributed by atoms with van der Waals surface area (Å²) < 4.78 is 33.3. The van der Waals surface area contributed by atoms with Gasteiger partial charge in [-0.2, -0.15) is 4.31 Å². The molecule has 1 N–H and O–H groups in total. The molecule has 2 aromatic heterocycles. The lowest BCUT2D eigenvalue weighted by Gasteiger charge is -2.20. The maximum absolute atomic E-state index is 12.9. The number of hydrogen-bond donors (Lipinski definition) is 1. The minimum absolute atomic E-state index is 0.192. The first kappa shape index (κ1) is 23.8. The van der Waals surface area contributed by atoms with Gasteiger partial charge in [0, 0.05) is 18.7 Å². The molecule has 11 heteroatoms. The van der Waals surface area contributed by atoms with Gasteiger partial charge < -0.3 is 4.74 Å². The Balaban J connectivity index is 1.47. The predicted molar refractivity (Wildman–Crippen MR) is 130 cm³/mol. The molecule has 0 radical (unpaired) electrons. The molecule has 0 spiro atoms. The van der Waals surface area contributed by atoms with Crippen LogP contribution >= 0.6 is 22.7 Å². The number of rotatable bonds is 6. The van der Waals surface area contributed by atoms with E-state index in [0.29, 0.717) is 40.1 Å². The summed E-state index contributed by atoms with van der Waals surface area (Å²) in [5.74, 6) is -0.746. The Kier molecular flexibility index (Phi) is 7.13. The summed E-state index contributed by atoms with van der Waals surface area (Å²) >= 11 is 2.53. The van der Waals surface area contributed by atoms with Gasteiger partial charge in [0.15, 0.2) is 5.13 Å². The lowest BCUT2D eigenvalue weighted by molar-refractivity contribution is 0.0531. The molecule has 4 rings (SSSR count). The summed E-state index contributed by atoms with van der Waals surface area (Å²) in [4.78, 5) is 30.5. The van der Waals surface area contributed by atoms with Crippen molar-refractivity contribution in [3.8, 4) is 0 Å². The van der Waals surface area contributed by atoms with Gasteiger partial charge in [-0.15, -0.1) is 11.3 Å². The lowest BCUT2D eigenvalue weighted by Crippen LogP contribution is -2.31. The first-order chi connectivity index (χ1) is 15.8. The molecule has 0 bridgehead atoms. The van der Waals surface area contributed by atoms with Crippen molar-refractivity contribution in [3.63, 3.8) is 0 Å². The number of fused-ring (bicyclic) bond motifs is 1. The van der Waals surface area contributed by atoms with Gasteiger partial charge in [-0.1, -0.05) is 24.2 Å². The zero-order chi connectivity index (χ0) is 23.6. The molecular formula is C22H25N3O5S3. The summed E-state index contributed by atoms with van der Waals surface area (Å²) in [5, 5.41) is 3.18. The molecule has 3 aromatic rings. The van der Waals surface area contributed by atoms with Crippen LogP contribution in [0.15, 0.2) is 29.2 Å². The normalized spacial score (nSPS) is 15.3. The standard InChI is InChI=1S/C22H25N3O5S3/c1-3-30-21(27)18-14(2)17-20(31-18)24-22(32-17)23-19(26)15-8-10-16(11-9-15)33(28,29)25-12-6-4-5-7-13-25/h8-11H,3-7,12-13H2,1-2H3,(H,23,24,26). The minimum atomic E-state index is -3.56. The van der Waals surface area contributed by atoms with Crippen molar-refractivity contribution in [2.75, 3.05) is 25.0 Å². The van der Waals surface area contributed by atoms with Crippen LogP contribution in [-0.4, -0.2) is 49.3 Å². The number of anilines is 1. The van der Waals surface area contributed by atoms with Crippen LogP contribution in [0.4, 0.5) is 5.13 Å². The Bertz CT molecular complexity index is 1270. The monoisotopic (exact) mass is 507 g/mol. The first-order valence-corrected chi connectivity index (χ1v) is 13.9. The second-order valence-corrected chi connectivity index (χ2v) is 11.7. The van der Waals surface area contributed by atoms with Crippen molar-refractivity contribution in [1.82, 2.24) is 9.29 Å². The highest BCUT2D eigenvalue weighted by molar-refractivity contribution is 7.89. The van der Waals surface area contributed by atoms with Gasteiger partial charge in [0.25, 0.3) is 5.91 Å². The SMILES string of the molecule is CCOC(=O)c1sc2nc(NC(=O)c3ccc(S(=O)(=O)N4CCCCCC4)cc3)sc2c1C. The van der Waals surface area contributed by atoms with Crippen LogP contribution in [0.5, 0.6) is 0 Å². The number of nitrogens with one attached hydrogen (secondary N) is 1. The number of thiazole rings is 1. The Labute approximate surface area is 200 Å². The van der Waals surface area contributed by atoms with Crippen LogP contribution < -0.4 is 5.32 Å². The molecule has 1 aromatic carbocycles. The average Bonchev–Trinajstić information content (AvgIpc) is 3.17. The number of esters is 1. The van der Waals surface area contributed by atoms with Crippen LogP contribution in [-0.2, 0) is 14.8 Å². The highest BCUT2D eigenvalue weighted by atomic mass is 32.2. The number of hydrogen-bond acceptors (Lipinski definition) is 8. The fraction of sp³-hybridized carbons (Fsp3) is 0.409. The Hall–Kier alpha value is -2.34. The van der Waals surface area contributed by atoms with E-state index in [0.717, 1.165) is 35.9 Å². The number of thiophene rings is 1. The minimum Gasteiger partial charge on any atom is -0.462 e. The largest absolute Gasteiger partial charge is 0.462 e. The number of carbonyl (C=O) groups excluding carboxylic acids is 2. The van der Waals surface area contributed by atoms with Gasteiger partial charge in [-0.25, -0.2) is 18.2 Å². The molecule has 1 fully saturated rings. The van der Waals surface area contributed by atoms with Crippen LogP contribution in [0.1, 0.15) is 58.2 Å². The van der Waals surface area contributed by atoms with Crippen molar-refractivity contribution in [1.29, 1.82) is 0 Å². The third-order valence-electron chi connectivity index (χ3n) is 5.48. The van der Waals surface area contributed by atoms with Crippen LogP contribution in [0.2, 0.25) is 0 Å². The Morgan fingerprint density at radius 1 is 1.09 bits per heavy atom.